The van der Waals surface area contributed by atoms with Crippen molar-refractivity contribution >= 4 is 17.3 Å². The molecule has 0 aliphatic carbocycles. The average Bonchev–Trinajstić information content (AvgIpc) is 2.50. The summed E-state index contributed by atoms with van der Waals surface area (Å²) in [6.45, 7) is 4.72. The van der Waals surface area contributed by atoms with Crippen LogP contribution in [0.3, 0.4) is 0 Å². The highest BCUT2D eigenvalue weighted by atomic mass is 16.5. The zero-order chi connectivity index (χ0) is 15.9. The maximum atomic E-state index is 12.0. The number of rotatable bonds is 6. The van der Waals surface area contributed by atoms with Gasteiger partial charge in [-0.05, 0) is 37.1 Å². The second-order valence-electron chi connectivity index (χ2n) is 5.22. The van der Waals surface area contributed by atoms with E-state index in [0.717, 1.165) is 17.1 Å². The third-order valence-corrected chi connectivity index (χ3v) is 3.49. The summed E-state index contributed by atoms with van der Waals surface area (Å²) in [5.41, 5.74) is 4.23. The van der Waals surface area contributed by atoms with Gasteiger partial charge in [-0.2, -0.15) is 0 Å². The summed E-state index contributed by atoms with van der Waals surface area (Å²) in [6, 6.07) is 13.5. The molecule has 0 radical (unpaired) electrons. The fraction of sp³-hybridized carbons (Fsp3) is 0.278. The molecule has 2 N–H and O–H groups in total. The van der Waals surface area contributed by atoms with Crippen LogP contribution in [0.25, 0.3) is 0 Å². The van der Waals surface area contributed by atoms with Crippen LogP contribution in [0.2, 0.25) is 0 Å². The number of anilines is 2. The van der Waals surface area contributed by atoms with E-state index in [1.807, 2.05) is 24.3 Å². The minimum atomic E-state index is -0.0213. The van der Waals surface area contributed by atoms with Crippen molar-refractivity contribution in [2.75, 3.05) is 24.3 Å². The topological polar surface area (TPSA) is 50.4 Å². The third kappa shape index (κ3) is 4.25. The second kappa shape index (κ2) is 7.50. The molecule has 4 nitrogen and oxygen atoms in total. The SMILES string of the molecule is COc1cccc(NC(=O)CCNc2c(C)cccc2C)c1. The number of para-hydroxylation sites is 1. The van der Waals surface area contributed by atoms with E-state index in [1.165, 1.54) is 11.1 Å². The van der Waals surface area contributed by atoms with Gasteiger partial charge in [0.2, 0.25) is 5.91 Å². The molecule has 0 aliphatic heterocycles. The summed E-state index contributed by atoms with van der Waals surface area (Å²) >= 11 is 0. The molecule has 0 spiro atoms. The molecule has 0 fully saturated rings. The predicted molar refractivity (Wildman–Crippen MR) is 90.6 cm³/mol. The molecule has 0 atom stereocenters. The van der Waals surface area contributed by atoms with E-state index in [0.29, 0.717) is 13.0 Å². The van der Waals surface area contributed by atoms with Crippen LogP contribution in [-0.2, 0) is 4.79 Å². The predicted octanol–water partition coefficient (Wildman–Crippen LogP) is 3.75. The molecule has 2 rings (SSSR count). The number of carbonyl (C=O) groups excluding carboxylic acids is 1. The molecule has 0 bridgehead atoms. The molecule has 1 amide bonds. The van der Waals surface area contributed by atoms with Gasteiger partial charge in [-0.1, -0.05) is 24.3 Å². The summed E-state index contributed by atoms with van der Waals surface area (Å²) in [5, 5.41) is 6.21. The first-order valence-corrected chi connectivity index (χ1v) is 7.34. The monoisotopic (exact) mass is 298 g/mol. The summed E-state index contributed by atoms with van der Waals surface area (Å²) in [7, 11) is 1.61. The van der Waals surface area contributed by atoms with Crippen LogP contribution in [-0.4, -0.2) is 19.6 Å². The Labute approximate surface area is 131 Å². The van der Waals surface area contributed by atoms with Crippen LogP contribution >= 0.6 is 0 Å². The lowest BCUT2D eigenvalue weighted by molar-refractivity contribution is -0.115. The summed E-state index contributed by atoms with van der Waals surface area (Å²) in [5.74, 6) is 0.707. The van der Waals surface area contributed by atoms with Crippen LogP contribution in [0.5, 0.6) is 5.75 Å². The molecule has 0 unspecified atom stereocenters. The minimum absolute atomic E-state index is 0.0213. The van der Waals surface area contributed by atoms with Gasteiger partial charge in [0.1, 0.15) is 5.75 Å². The van der Waals surface area contributed by atoms with Gasteiger partial charge >= 0.3 is 0 Å². The molecule has 4 heteroatoms. The Morgan fingerprint density at radius 3 is 2.45 bits per heavy atom. The standard InChI is InChI=1S/C18H22N2O2/c1-13-6-4-7-14(2)18(13)19-11-10-17(21)20-15-8-5-9-16(12-15)22-3/h4-9,12,19H,10-11H2,1-3H3,(H,20,21). The van der Waals surface area contributed by atoms with Crippen molar-refractivity contribution in [1.82, 2.24) is 0 Å². The molecule has 2 aromatic carbocycles. The highest BCUT2D eigenvalue weighted by Gasteiger charge is 2.05. The molecule has 0 heterocycles. The Bertz CT molecular complexity index is 633. The number of benzene rings is 2. The number of ether oxygens (including phenoxy) is 1. The highest BCUT2D eigenvalue weighted by molar-refractivity contribution is 5.91. The molecule has 116 valence electrons. The Kier molecular flexibility index (Phi) is 5.42. The number of nitrogens with one attached hydrogen (secondary N) is 2. The molecular weight excluding hydrogens is 276 g/mol. The van der Waals surface area contributed by atoms with E-state index in [2.05, 4.69) is 36.6 Å². The van der Waals surface area contributed by atoms with E-state index in [4.69, 9.17) is 4.74 Å². The minimum Gasteiger partial charge on any atom is -0.497 e. The molecule has 0 saturated heterocycles. The lowest BCUT2D eigenvalue weighted by Crippen LogP contribution is -2.16. The summed E-state index contributed by atoms with van der Waals surface area (Å²) < 4.78 is 5.14. The maximum Gasteiger partial charge on any atom is 0.226 e. The van der Waals surface area contributed by atoms with E-state index in [9.17, 15) is 4.79 Å². The molecule has 0 aromatic heterocycles. The Balaban J connectivity index is 1.85. The van der Waals surface area contributed by atoms with Crippen molar-refractivity contribution in [2.45, 2.75) is 20.3 Å². The lowest BCUT2D eigenvalue weighted by atomic mass is 10.1. The van der Waals surface area contributed by atoms with Gasteiger partial charge in [0, 0.05) is 30.4 Å². The Morgan fingerprint density at radius 2 is 1.77 bits per heavy atom. The molecule has 2 aromatic rings. The van der Waals surface area contributed by atoms with E-state index < -0.39 is 0 Å². The average molecular weight is 298 g/mol. The van der Waals surface area contributed by atoms with Crippen molar-refractivity contribution in [2.24, 2.45) is 0 Å². The first kappa shape index (κ1) is 15.9. The van der Waals surface area contributed by atoms with Gasteiger partial charge in [0.25, 0.3) is 0 Å². The number of aryl methyl sites for hydroxylation is 2. The van der Waals surface area contributed by atoms with Gasteiger partial charge in [-0.25, -0.2) is 0 Å². The number of methoxy groups -OCH3 is 1. The maximum absolute atomic E-state index is 12.0. The van der Waals surface area contributed by atoms with Crippen molar-refractivity contribution < 1.29 is 9.53 Å². The second-order valence-corrected chi connectivity index (χ2v) is 5.22. The first-order valence-electron chi connectivity index (χ1n) is 7.34. The van der Waals surface area contributed by atoms with Gasteiger partial charge in [0.15, 0.2) is 0 Å². The van der Waals surface area contributed by atoms with Crippen LogP contribution in [0.4, 0.5) is 11.4 Å². The van der Waals surface area contributed by atoms with Gasteiger partial charge in [-0.3, -0.25) is 4.79 Å². The fourth-order valence-electron chi connectivity index (χ4n) is 2.32. The van der Waals surface area contributed by atoms with Crippen molar-refractivity contribution in [3.63, 3.8) is 0 Å². The smallest absolute Gasteiger partial charge is 0.226 e. The fourth-order valence-corrected chi connectivity index (χ4v) is 2.32. The van der Waals surface area contributed by atoms with Crippen molar-refractivity contribution in [1.29, 1.82) is 0 Å². The zero-order valence-corrected chi connectivity index (χ0v) is 13.3. The lowest BCUT2D eigenvalue weighted by Gasteiger charge is -2.12. The molecular formula is C18H22N2O2. The molecule has 0 aliphatic rings. The van der Waals surface area contributed by atoms with Gasteiger partial charge in [0.05, 0.1) is 7.11 Å². The normalized spacial score (nSPS) is 10.1. The highest BCUT2D eigenvalue weighted by Crippen LogP contribution is 2.19. The van der Waals surface area contributed by atoms with Gasteiger partial charge in [-0.15, -0.1) is 0 Å². The van der Waals surface area contributed by atoms with Crippen molar-refractivity contribution in [3.05, 3.63) is 53.6 Å². The zero-order valence-electron chi connectivity index (χ0n) is 13.3. The summed E-state index contributed by atoms with van der Waals surface area (Å²) in [4.78, 5) is 12.0. The van der Waals surface area contributed by atoms with Crippen LogP contribution in [0.15, 0.2) is 42.5 Å². The number of amides is 1. The third-order valence-electron chi connectivity index (χ3n) is 3.49. The van der Waals surface area contributed by atoms with Crippen LogP contribution in [0, 0.1) is 13.8 Å². The van der Waals surface area contributed by atoms with Gasteiger partial charge < -0.3 is 15.4 Å². The number of hydrogen-bond acceptors (Lipinski definition) is 3. The van der Waals surface area contributed by atoms with Crippen LogP contribution in [0.1, 0.15) is 17.5 Å². The largest absolute Gasteiger partial charge is 0.497 e. The van der Waals surface area contributed by atoms with E-state index in [1.54, 1.807) is 13.2 Å². The molecule has 0 saturated carbocycles. The summed E-state index contributed by atoms with van der Waals surface area (Å²) in [6.07, 6.45) is 0.408. The molecule has 22 heavy (non-hydrogen) atoms. The first-order chi connectivity index (χ1) is 10.6. The Morgan fingerprint density at radius 1 is 1.09 bits per heavy atom. The van der Waals surface area contributed by atoms with Crippen LogP contribution < -0.4 is 15.4 Å². The quantitative estimate of drug-likeness (QED) is 0.854. The number of carbonyl (C=O) groups is 1. The number of hydrogen-bond donors (Lipinski definition) is 2. The van der Waals surface area contributed by atoms with E-state index >= 15 is 0 Å². The Hall–Kier alpha value is -2.49. The van der Waals surface area contributed by atoms with Crippen molar-refractivity contribution in [3.8, 4) is 5.75 Å². The van der Waals surface area contributed by atoms with E-state index in [-0.39, 0.29) is 5.91 Å².